The number of nitrogens with one attached hydrogen (secondary N) is 1. The third-order valence-electron chi connectivity index (χ3n) is 2.73. The Bertz CT molecular complexity index is 610. The fourth-order valence-corrected chi connectivity index (χ4v) is 3.52. The quantitative estimate of drug-likeness (QED) is 0.869. The maximum atomic E-state index is 12.4. The van der Waals surface area contributed by atoms with Crippen molar-refractivity contribution < 1.29 is 13.2 Å². The Morgan fingerprint density at radius 1 is 1.20 bits per heavy atom. The number of sulfonamides is 1. The predicted octanol–water partition coefficient (Wildman–Crippen LogP) is 2.91. The Hall–Kier alpha value is -1.20. The highest BCUT2D eigenvalue weighted by molar-refractivity contribution is 7.89. The molecule has 0 aliphatic heterocycles. The Morgan fingerprint density at radius 3 is 2.20 bits per heavy atom. The lowest BCUT2D eigenvalue weighted by molar-refractivity contribution is 0.0939. The topological polar surface area (TPSA) is 63.2 Å². The molecule has 0 saturated heterocycles. The number of carbonyl (C=O) groups excluding carboxylic acids is 1. The average molecular weight is 297 g/mol. The summed E-state index contributed by atoms with van der Waals surface area (Å²) in [5, 5.41) is 0. The van der Waals surface area contributed by atoms with Crippen molar-refractivity contribution in [2.75, 3.05) is 0 Å². The first kappa shape index (κ1) is 16.9. The summed E-state index contributed by atoms with van der Waals surface area (Å²) < 4.78 is 27.4. The van der Waals surface area contributed by atoms with Crippen LogP contribution in [0, 0.1) is 12.8 Å². The largest absolute Gasteiger partial charge is 0.294 e. The molecule has 0 aliphatic carbocycles. The monoisotopic (exact) mass is 297 g/mol. The molecule has 112 valence electrons. The number of hydrogen-bond acceptors (Lipinski definition) is 3. The van der Waals surface area contributed by atoms with Crippen LogP contribution in [0.2, 0.25) is 0 Å². The van der Waals surface area contributed by atoms with E-state index in [9.17, 15) is 13.2 Å². The maximum Gasteiger partial charge on any atom is 0.241 e. The SMILES string of the molecule is Cc1ccc(C(=O)C(C)C)cc1S(=O)(=O)NC(C)(C)C. The molecule has 0 unspecified atom stereocenters. The molecule has 0 spiro atoms. The summed E-state index contributed by atoms with van der Waals surface area (Å²) in [5.74, 6) is -0.221. The average Bonchev–Trinajstić information content (AvgIpc) is 2.25. The molecule has 0 amide bonds. The Labute approximate surface area is 121 Å². The van der Waals surface area contributed by atoms with Crippen LogP contribution >= 0.6 is 0 Å². The number of benzene rings is 1. The van der Waals surface area contributed by atoms with E-state index in [0.717, 1.165) is 0 Å². The van der Waals surface area contributed by atoms with E-state index in [2.05, 4.69) is 4.72 Å². The molecule has 0 aromatic heterocycles. The summed E-state index contributed by atoms with van der Waals surface area (Å²) in [6.45, 7) is 10.7. The molecule has 1 N–H and O–H groups in total. The highest BCUT2D eigenvalue weighted by Gasteiger charge is 2.24. The number of carbonyl (C=O) groups is 1. The van der Waals surface area contributed by atoms with Gasteiger partial charge in [0.2, 0.25) is 10.0 Å². The van der Waals surface area contributed by atoms with Crippen LogP contribution in [0.5, 0.6) is 0 Å². The van der Waals surface area contributed by atoms with Crippen molar-refractivity contribution in [3.05, 3.63) is 29.3 Å². The third-order valence-corrected chi connectivity index (χ3v) is 4.63. The Morgan fingerprint density at radius 2 is 1.75 bits per heavy atom. The fourth-order valence-electron chi connectivity index (χ4n) is 1.83. The first-order chi connectivity index (χ1) is 8.94. The van der Waals surface area contributed by atoms with Gasteiger partial charge in [-0.2, -0.15) is 0 Å². The summed E-state index contributed by atoms with van der Waals surface area (Å²) in [7, 11) is -3.63. The van der Waals surface area contributed by atoms with E-state index in [1.807, 2.05) is 0 Å². The van der Waals surface area contributed by atoms with E-state index < -0.39 is 15.6 Å². The highest BCUT2D eigenvalue weighted by Crippen LogP contribution is 2.20. The molecule has 0 fully saturated rings. The van der Waals surface area contributed by atoms with Crippen LogP contribution in [0.25, 0.3) is 0 Å². The number of aryl methyl sites for hydroxylation is 1. The van der Waals surface area contributed by atoms with Crippen molar-refractivity contribution in [2.45, 2.75) is 52.0 Å². The van der Waals surface area contributed by atoms with Gasteiger partial charge in [-0.25, -0.2) is 13.1 Å². The van der Waals surface area contributed by atoms with E-state index in [-0.39, 0.29) is 16.6 Å². The van der Waals surface area contributed by atoms with Crippen LogP contribution in [0.1, 0.15) is 50.5 Å². The molecule has 0 radical (unpaired) electrons. The normalized spacial score (nSPS) is 12.8. The van der Waals surface area contributed by atoms with Gasteiger partial charge in [-0.3, -0.25) is 4.79 Å². The number of hydrogen-bond donors (Lipinski definition) is 1. The van der Waals surface area contributed by atoms with E-state index in [1.54, 1.807) is 53.7 Å². The molecule has 0 atom stereocenters. The minimum atomic E-state index is -3.63. The molecule has 4 nitrogen and oxygen atoms in total. The summed E-state index contributed by atoms with van der Waals surface area (Å²) in [6, 6.07) is 4.81. The molecule has 0 saturated carbocycles. The zero-order chi connectivity index (χ0) is 15.7. The molecule has 20 heavy (non-hydrogen) atoms. The highest BCUT2D eigenvalue weighted by atomic mass is 32.2. The smallest absolute Gasteiger partial charge is 0.241 e. The van der Waals surface area contributed by atoms with Crippen molar-refractivity contribution in [3.8, 4) is 0 Å². The lowest BCUT2D eigenvalue weighted by Gasteiger charge is -2.21. The standard InChI is InChI=1S/C15H23NO3S/c1-10(2)14(17)12-8-7-11(3)13(9-12)20(18,19)16-15(4,5)6/h7-10,16H,1-6H3. The number of Topliss-reactive ketones (excluding diaryl/α,β-unsaturated/α-hetero) is 1. The van der Waals surface area contributed by atoms with Crippen molar-refractivity contribution in [3.63, 3.8) is 0 Å². The second kappa shape index (κ2) is 5.66. The molecule has 1 aromatic rings. The van der Waals surface area contributed by atoms with Crippen LogP contribution in [-0.2, 0) is 10.0 Å². The van der Waals surface area contributed by atoms with Crippen molar-refractivity contribution >= 4 is 15.8 Å². The summed E-state index contributed by atoms with van der Waals surface area (Å²) in [6.07, 6.45) is 0. The number of rotatable bonds is 4. The zero-order valence-corrected chi connectivity index (χ0v) is 13.8. The maximum absolute atomic E-state index is 12.4. The van der Waals surface area contributed by atoms with Gasteiger partial charge in [0.05, 0.1) is 4.90 Å². The van der Waals surface area contributed by atoms with Crippen molar-refractivity contribution in [2.24, 2.45) is 5.92 Å². The van der Waals surface area contributed by atoms with Crippen LogP contribution in [0.4, 0.5) is 0 Å². The minimum Gasteiger partial charge on any atom is -0.294 e. The van der Waals surface area contributed by atoms with Gasteiger partial charge in [0, 0.05) is 17.0 Å². The van der Waals surface area contributed by atoms with E-state index in [1.165, 1.54) is 6.07 Å². The fraction of sp³-hybridized carbons (Fsp3) is 0.533. The van der Waals surface area contributed by atoms with Gasteiger partial charge in [0.25, 0.3) is 0 Å². The van der Waals surface area contributed by atoms with Crippen molar-refractivity contribution in [1.29, 1.82) is 0 Å². The molecule has 0 aliphatic rings. The zero-order valence-electron chi connectivity index (χ0n) is 12.9. The van der Waals surface area contributed by atoms with Gasteiger partial charge in [-0.15, -0.1) is 0 Å². The molecule has 1 rings (SSSR count). The molecule has 0 bridgehead atoms. The van der Waals surface area contributed by atoms with E-state index in [4.69, 9.17) is 0 Å². The van der Waals surface area contributed by atoms with Gasteiger partial charge < -0.3 is 0 Å². The molecular weight excluding hydrogens is 274 g/mol. The molecular formula is C15H23NO3S. The second-order valence-electron chi connectivity index (χ2n) is 6.35. The first-order valence-corrected chi connectivity index (χ1v) is 8.11. The van der Waals surface area contributed by atoms with Crippen LogP contribution < -0.4 is 4.72 Å². The lowest BCUT2D eigenvalue weighted by Crippen LogP contribution is -2.40. The van der Waals surface area contributed by atoms with Gasteiger partial charge in [0.1, 0.15) is 0 Å². The summed E-state index contributed by atoms with van der Waals surface area (Å²) in [4.78, 5) is 12.2. The van der Waals surface area contributed by atoms with Gasteiger partial charge in [-0.05, 0) is 39.3 Å². The molecule has 1 aromatic carbocycles. The second-order valence-corrected chi connectivity index (χ2v) is 8.01. The van der Waals surface area contributed by atoms with Crippen LogP contribution in [0.3, 0.4) is 0 Å². The van der Waals surface area contributed by atoms with Crippen LogP contribution in [0.15, 0.2) is 23.1 Å². The number of ketones is 1. The predicted molar refractivity (Wildman–Crippen MR) is 80.4 cm³/mol. The summed E-state index contributed by atoms with van der Waals surface area (Å²) in [5.41, 5.74) is 0.491. The van der Waals surface area contributed by atoms with E-state index >= 15 is 0 Å². The summed E-state index contributed by atoms with van der Waals surface area (Å²) >= 11 is 0. The lowest BCUT2D eigenvalue weighted by atomic mass is 10.0. The van der Waals surface area contributed by atoms with Crippen LogP contribution in [-0.4, -0.2) is 19.7 Å². The first-order valence-electron chi connectivity index (χ1n) is 6.63. The van der Waals surface area contributed by atoms with E-state index in [0.29, 0.717) is 11.1 Å². The minimum absolute atomic E-state index is 0.0581. The Kier molecular flexibility index (Phi) is 4.77. The van der Waals surface area contributed by atoms with Crippen molar-refractivity contribution in [1.82, 2.24) is 4.72 Å². The van der Waals surface area contributed by atoms with Gasteiger partial charge in [0.15, 0.2) is 5.78 Å². The van der Waals surface area contributed by atoms with Gasteiger partial charge >= 0.3 is 0 Å². The molecule has 0 heterocycles. The third kappa shape index (κ3) is 4.15. The van der Waals surface area contributed by atoms with Gasteiger partial charge in [-0.1, -0.05) is 26.0 Å². The Balaban J connectivity index is 3.32. The molecule has 5 heteroatoms.